The molecule has 0 bridgehead atoms. The fourth-order valence-corrected chi connectivity index (χ4v) is 1.86. The highest BCUT2D eigenvalue weighted by Crippen LogP contribution is 2.21. The Morgan fingerprint density at radius 2 is 2.06 bits per heavy atom. The third-order valence-electron chi connectivity index (χ3n) is 2.71. The summed E-state index contributed by atoms with van der Waals surface area (Å²) in [5, 5.41) is 9.73. The molecule has 2 N–H and O–H groups in total. The molecule has 0 radical (unpaired) electrons. The fourth-order valence-electron chi connectivity index (χ4n) is 1.86. The van der Waals surface area contributed by atoms with E-state index < -0.39 is 0 Å². The lowest BCUT2D eigenvalue weighted by Crippen LogP contribution is -1.97. The zero-order valence-electron chi connectivity index (χ0n) is 9.41. The second kappa shape index (κ2) is 3.86. The Balaban J connectivity index is 2.16. The number of nitrogens with two attached hydrogens (primary N) is 1. The van der Waals surface area contributed by atoms with Crippen molar-refractivity contribution >= 4 is 16.6 Å². The summed E-state index contributed by atoms with van der Waals surface area (Å²) >= 11 is 0. The fraction of sp³-hybridized carbons (Fsp3) is 0. The summed E-state index contributed by atoms with van der Waals surface area (Å²) in [6, 6.07) is 9.59. The number of nitriles is 1. The first-order valence-electron chi connectivity index (χ1n) is 5.37. The molecule has 18 heavy (non-hydrogen) atoms. The second-order valence-corrected chi connectivity index (χ2v) is 3.88. The van der Waals surface area contributed by atoms with Crippen LogP contribution in [0.15, 0.2) is 42.9 Å². The number of aromatic nitrogens is 3. The van der Waals surface area contributed by atoms with Crippen LogP contribution in [0.2, 0.25) is 0 Å². The Kier molecular flexibility index (Phi) is 2.21. The maximum Gasteiger partial charge on any atom is 0.158 e. The zero-order valence-corrected chi connectivity index (χ0v) is 9.41. The molecule has 2 heterocycles. The van der Waals surface area contributed by atoms with Crippen LogP contribution in [0.1, 0.15) is 5.69 Å². The molecule has 3 rings (SSSR count). The van der Waals surface area contributed by atoms with E-state index in [0.717, 1.165) is 16.6 Å². The molecular weight excluding hydrogens is 226 g/mol. The van der Waals surface area contributed by atoms with Gasteiger partial charge in [0.25, 0.3) is 0 Å². The van der Waals surface area contributed by atoms with Crippen LogP contribution in [0.5, 0.6) is 0 Å². The Labute approximate surface area is 103 Å². The van der Waals surface area contributed by atoms with Crippen LogP contribution in [0, 0.1) is 11.3 Å². The number of rotatable bonds is 1. The van der Waals surface area contributed by atoms with Crippen molar-refractivity contribution in [1.82, 2.24) is 14.5 Å². The number of nitrogen functional groups attached to an aromatic ring is 1. The van der Waals surface area contributed by atoms with Crippen LogP contribution in [0.3, 0.4) is 0 Å². The molecule has 0 aliphatic rings. The van der Waals surface area contributed by atoms with Crippen LogP contribution in [-0.4, -0.2) is 14.5 Å². The summed E-state index contributed by atoms with van der Waals surface area (Å²) in [5.74, 6) is 0.675. The molecule has 0 aliphatic carbocycles. The monoisotopic (exact) mass is 235 g/mol. The van der Waals surface area contributed by atoms with E-state index in [9.17, 15) is 0 Å². The number of fused-ring (bicyclic) bond motifs is 1. The van der Waals surface area contributed by atoms with E-state index in [4.69, 9.17) is 11.0 Å². The lowest BCUT2D eigenvalue weighted by Gasteiger charge is -2.03. The average molecular weight is 235 g/mol. The van der Waals surface area contributed by atoms with Gasteiger partial charge in [-0.1, -0.05) is 0 Å². The van der Waals surface area contributed by atoms with Crippen LogP contribution in [0.4, 0.5) is 5.69 Å². The quantitative estimate of drug-likeness (QED) is 0.653. The van der Waals surface area contributed by atoms with E-state index in [0.29, 0.717) is 11.5 Å². The number of benzene rings is 1. The topological polar surface area (TPSA) is 80.5 Å². The van der Waals surface area contributed by atoms with Gasteiger partial charge in [0, 0.05) is 17.3 Å². The molecule has 5 nitrogen and oxygen atoms in total. The van der Waals surface area contributed by atoms with Crippen molar-refractivity contribution in [1.29, 1.82) is 5.26 Å². The Morgan fingerprint density at radius 3 is 2.78 bits per heavy atom. The van der Waals surface area contributed by atoms with Crippen molar-refractivity contribution in [2.45, 2.75) is 0 Å². The van der Waals surface area contributed by atoms with Crippen molar-refractivity contribution in [2.24, 2.45) is 0 Å². The molecule has 3 aromatic rings. The summed E-state index contributed by atoms with van der Waals surface area (Å²) in [6.45, 7) is 0. The minimum atomic E-state index is 0.305. The maximum atomic E-state index is 8.69. The lowest BCUT2D eigenvalue weighted by molar-refractivity contribution is 1.00. The summed E-state index contributed by atoms with van der Waals surface area (Å²) in [6.07, 6.45) is 4.94. The van der Waals surface area contributed by atoms with Crippen LogP contribution in [-0.2, 0) is 0 Å². The summed E-state index contributed by atoms with van der Waals surface area (Å²) in [4.78, 5) is 8.22. The highest BCUT2D eigenvalue weighted by atomic mass is 15.1. The Morgan fingerprint density at radius 1 is 1.17 bits per heavy atom. The van der Waals surface area contributed by atoms with Gasteiger partial charge >= 0.3 is 0 Å². The van der Waals surface area contributed by atoms with Crippen LogP contribution in [0.25, 0.3) is 16.7 Å². The van der Waals surface area contributed by atoms with Gasteiger partial charge in [0.2, 0.25) is 0 Å². The van der Waals surface area contributed by atoms with E-state index >= 15 is 0 Å². The molecule has 1 aromatic carbocycles. The normalized spacial score (nSPS) is 10.4. The summed E-state index contributed by atoms with van der Waals surface area (Å²) in [7, 11) is 0. The number of anilines is 1. The molecule has 0 saturated carbocycles. The van der Waals surface area contributed by atoms with Gasteiger partial charge in [-0.3, -0.25) is 4.57 Å². The van der Waals surface area contributed by atoms with E-state index in [1.54, 1.807) is 6.20 Å². The van der Waals surface area contributed by atoms with Crippen molar-refractivity contribution < 1.29 is 0 Å². The number of hydrogen-bond acceptors (Lipinski definition) is 4. The molecule has 0 unspecified atom stereocenters. The first-order valence-corrected chi connectivity index (χ1v) is 5.37. The molecule has 0 fully saturated rings. The molecule has 86 valence electrons. The Hall–Kier alpha value is -2.87. The van der Waals surface area contributed by atoms with Gasteiger partial charge in [-0.2, -0.15) is 5.26 Å². The molecule has 0 spiro atoms. The van der Waals surface area contributed by atoms with Gasteiger partial charge in [-0.05, 0) is 24.3 Å². The van der Waals surface area contributed by atoms with Crippen molar-refractivity contribution in [3.8, 4) is 11.9 Å². The molecule has 2 aromatic heterocycles. The third kappa shape index (κ3) is 1.57. The average Bonchev–Trinajstić information content (AvgIpc) is 2.81. The highest BCUT2D eigenvalue weighted by Gasteiger charge is 2.05. The molecule has 0 atom stereocenters. The Bertz CT molecular complexity index is 749. The van der Waals surface area contributed by atoms with E-state index in [1.165, 1.54) is 6.20 Å². The molecule has 0 amide bonds. The summed E-state index contributed by atoms with van der Waals surface area (Å²) in [5.41, 5.74) is 7.77. The molecule has 5 heteroatoms. The highest BCUT2D eigenvalue weighted by molar-refractivity contribution is 5.84. The standard InChI is InChI=1S/C13H9N5/c14-6-11-7-17-13(8-16-11)18-4-3-9-5-10(15)1-2-12(9)18/h1-5,7-8H,15H2. The first kappa shape index (κ1) is 10.3. The van der Waals surface area contributed by atoms with Gasteiger partial charge in [-0.25, -0.2) is 9.97 Å². The van der Waals surface area contributed by atoms with Gasteiger partial charge in [-0.15, -0.1) is 0 Å². The number of nitrogens with zero attached hydrogens (tertiary/aromatic N) is 4. The maximum absolute atomic E-state index is 8.69. The van der Waals surface area contributed by atoms with Crippen LogP contribution >= 0.6 is 0 Å². The van der Waals surface area contributed by atoms with Crippen molar-refractivity contribution in [3.05, 3.63) is 48.5 Å². The smallest absolute Gasteiger partial charge is 0.158 e. The van der Waals surface area contributed by atoms with Crippen molar-refractivity contribution in [3.63, 3.8) is 0 Å². The van der Waals surface area contributed by atoms with Gasteiger partial charge in [0.15, 0.2) is 11.5 Å². The second-order valence-electron chi connectivity index (χ2n) is 3.88. The minimum Gasteiger partial charge on any atom is -0.399 e. The third-order valence-corrected chi connectivity index (χ3v) is 2.71. The zero-order chi connectivity index (χ0) is 12.5. The van der Waals surface area contributed by atoms with E-state index in [-0.39, 0.29) is 0 Å². The van der Waals surface area contributed by atoms with Crippen molar-refractivity contribution in [2.75, 3.05) is 5.73 Å². The largest absolute Gasteiger partial charge is 0.399 e. The van der Waals surface area contributed by atoms with Gasteiger partial charge < -0.3 is 5.73 Å². The first-order chi connectivity index (χ1) is 8.78. The predicted octanol–water partition coefficient (Wildman–Crippen LogP) is 1.87. The van der Waals surface area contributed by atoms with Gasteiger partial charge in [0.1, 0.15) is 6.07 Å². The SMILES string of the molecule is N#Cc1cnc(-n2ccc3cc(N)ccc32)cn1. The van der Waals surface area contributed by atoms with Crippen LogP contribution < -0.4 is 5.73 Å². The summed E-state index contributed by atoms with van der Waals surface area (Å²) < 4.78 is 1.91. The van der Waals surface area contributed by atoms with E-state index in [1.807, 2.05) is 41.1 Å². The minimum absolute atomic E-state index is 0.305. The molecule has 0 aliphatic heterocycles. The van der Waals surface area contributed by atoms with E-state index in [2.05, 4.69) is 9.97 Å². The molecular formula is C13H9N5. The molecule has 0 saturated heterocycles. The predicted molar refractivity (Wildman–Crippen MR) is 68.0 cm³/mol. The lowest BCUT2D eigenvalue weighted by atomic mass is 10.2. The number of hydrogen-bond donors (Lipinski definition) is 1. The van der Waals surface area contributed by atoms with Gasteiger partial charge in [0.05, 0.1) is 17.9 Å².